The van der Waals surface area contributed by atoms with Crippen LogP contribution in [0.25, 0.3) is 0 Å². The van der Waals surface area contributed by atoms with E-state index in [4.69, 9.17) is 21.7 Å². The van der Waals surface area contributed by atoms with Gasteiger partial charge in [0.25, 0.3) is 0 Å². The summed E-state index contributed by atoms with van der Waals surface area (Å²) in [6.07, 6.45) is 4.47. The summed E-state index contributed by atoms with van der Waals surface area (Å²) in [6, 6.07) is 18.2. The second-order valence-corrected chi connectivity index (χ2v) is 9.33. The Hall–Kier alpha value is -2.31. The van der Waals surface area contributed by atoms with Gasteiger partial charge in [0.1, 0.15) is 0 Å². The van der Waals surface area contributed by atoms with Crippen LogP contribution < -0.4 is 20.1 Å². The fourth-order valence-corrected chi connectivity index (χ4v) is 5.97. The van der Waals surface area contributed by atoms with Gasteiger partial charge in [0.15, 0.2) is 16.6 Å². The minimum atomic E-state index is 0.117. The van der Waals surface area contributed by atoms with Gasteiger partial charge in [0, 0.05) is 30.6 Å². The number of nitrogens with one attached hydrogen (secondary N) is 2. The molecule has 6 heteroatoms. The molecule has 0 radical (unpaired) electrons. The Labute approximate surface area is 197 Å². The summed E-state index contributed by atoms with van der Waals surface area (Å²) in [7, 11) is 3.41. The van der Waals surface area contributed by atoms with Crippen LogP contribution in [-0.2, 0) is 12.0 Å². The minimum Gasteiger partial charge on any atom is -0.493 e. The lowest BCUT2D eigenvalue weighted by Gasteiger charge is -2.46. The molecule has 2 fully saturated rings. The number of methoxy groups -OCH3 is 2. The summed E-state index contributed by atoms with van der Waals surface area (Å²) < 4.78 is 11.2. The van der Waals surface area contributed by atoms with E-state index < -0.39 is 0 Å². The zero-order valence-electron chi connectivity index (χ0n) is 19.4. The van der Waals surface area contributed by atoms with E-state index in [0.29, 0.717) is 12.1 Å². The number of rotatable bonds is 7. The van der Waals surface area contributed by atoms with Crippen LogP contribution in [-0.4, -0.2) is 49.4 Å². The Morgan fingerprint density at radius 2 is 1.88 bits per heavy atom. The van der Waals surface area contributed by atoms with Gasteiger partial charge in [-0.25, -0.2) is 0 Å². The average Bonchev–Trinajstić information content (AvgIpc) is 3.18. The summed E-state index contributed by atoms with van der Waals surface area (Å²) in [5, 5.41) is 7.59. The number of thiocarbonyl (C=S) groups is 1. The highest BCUT2D eigenvalue weighted by Crippen LogP contribution is 2.50. The van der Waals surface area contributed by atoms with E-state index in [1.165, 1.54) is 11.1 Å². The van der Waals surface area contributed by atoms with Crippen molar-refractivity contribution < 1.29 is 9.47 Å². The van der Waals surface area contributed by atoms with Crippen LogP contribution in [0.3, 0.4) is 0 Å². The largest absolute Gasteiger partial charge is 0.493 e. The van der Waals surface area contributed by atoms with Gasteiger partial charge in [-0.05, 0) is 74.6 Å². The smallest absolute Gasteiger partial charge is 0.166 e. The van der Waals surface area contributed by atoms with Crippen LogP contribution in [0.4, 0.5) is 0 Å². The molecular weight excluding hydrogens is 418 g/mol. The first-order valence-corrected chi connectivity index (χ1v) is 12.0. The second-order valence-electron chi connectivity index (χ2n) is 8.92. The van der Waals surface area contributed by atoms with E-state index in [2.05, 4.69) is 71.0 Å². The Kier molecular flexibility index (Phi) is 7.21. The van der Waals surface area contributed by atoms with Crippen molar-refractivity contribution in [3.63, 3.8) is 0 Å². The van der Waals surface area contributed by atoms with Gasteiger partial charge in [-0.1, -0.05) is 36.4 Å². The van der Waals surface area contributed by atoms with Gasteiger partial charge in [-0.3, -0.25) is 4.90 Å². The van der Waals surface area contributed by atoms with E-state index in [0.717, 1.165) is 61.9 Å². The standard InChI is InChI=1S/C26H35N3O2S/c1-4-27-25(32)28-21-12-13-26(20-10-11-22(30-2)23(16-20)31-3)14-15-29(24(26)17-21)18-19-8-6-5-7-9-19/h5-11,16,21,24H,4,12-15,17-18H2,1-3H3,(H2,27,28,32)/t21-,24+,26+/m1/s1. The molecule has 5 nitrogen and oxygen atoms in total. The number of likely N-dealkylation sites (tertiary alicyclic amines) is 1. The Bertz CT molecular complexity index is 923. The van der Waals surface area contributed by atoms with E-state index in [1.54, 1.807) is 14.2 Å². The summed E-state index contributed by atoms with van der Waals surface area (Å²) in [4.78, 5) is 2.68. The van der Waals surface area contributed by atoms with Gasteiger partial charge < -0.3 is 20.1 Å². The third-order valence-corrected chi connectivity index (χ3v) is 7.49. The Balaban J connectivity index is 1.63. The highest BCUT2D eigenvalue weighted by Gasteiger charge is 2.51. The Morgan fingerprint density at radius 3 is 2.59 bits per heavy atom. The van der Waals surface area contributed by atoms with Crippen molar-refractivity contribution in [3.8, 4) is 11.5 Å². The van der Waals surface area contributed by atoms with Crippen molar-refractivity contribution in [3.05, 3.63) is 59.7 Å². The fourth-order valence-electron chi connectivity index (χ4n) is 5.66. The molecule has 0 spiro atoms. The molecule has 1 heterocycles. The lowest BCUT2D eigenvalue weighted by molar-refractivity contribution is 0.134. The molecule has 0 unspecified atom stereocenters. The highest BCUT2D eigenvalue weighted by atomic mass is 32.1. The van der Waals surface area contributed by atoms with Gasteiger partial charge in [0.2, 0.25) is 0 Å². The predicted molar refractivity (Wildman–Crippen MR) is 134 cm³/mol. The first-order chi connectivity index (χ1) is 15.6. The van der Waals surface area contributed by atoms with Gasteiger partial charge in [-0.2, -0.15) is 0 Å². The molecule has 0 bridgehead atoms. The molecule has 0 aromatic heterocycles. The summed E-state index contributed by atoms with van der Waals surface area (Å²) in [6.45, 7) is 5.00. The van der Waals surface area contributed by atoms with E-state index in [9.17, 15) is 0 Å². The second kappa shape index (κ2) is 10.1. The number of fused-ring (bicyclic) bond motifs is 1. The minimum absolute atomic E-state index is 0.117. The zero-order chi connectivity index (χ0) is 22.6. The van der Waals surface area contributed by atoms with E-state index in [-0.39, 0.29) is 5.41 Å². The molecule has 0 amide bonds. The number of nitrogens with zero attached hydrogens (tertiary/aromatic N) is 1. The molecule has 172 valence electrons. The summed E-state index contributed by atoms with van der Waals surface area (Å²) in [5.74, 6) is 1.60. The molecule has 2 aromatic carbocycles. The third-order valence-electron chi connectivity index (χ3n) is 7.23. The number of ether oxygens (including phenoxy) is 2. The molecule has 4 rings (SSSR count). The van der Waals surface area contributed by atoms with Crippen molar-refractivity contribution in [1.29, 1.82) is 0 Å². The predicted octanol–water partition coefficient (Wildman–Crippen LogP) is 4.25. The summed E-state index contributed by atoms with van der Waals surface area (Å²) in [5.41, 5.74) is 2.85. The molecule has 2 N–H and O–H groups in total. The van der Waals surface area contributed by atoms with Crippen LogP contribution in [0.5, 0.6) is 11.5 Å². The van der Waals surface area contributed by atoms with Crippen molar-refractivity contribution in [2.45, 2.75) is 56.7 Å². The SMILES string of the molecule is CCNC(=S)N[C@@H]1CC[C@@]2(c3ccc(OC)c(OC)c3)CCN(Cc3ccccc3)[C@H]2C1. The molecule has 1 aliphatic heterocycles. The highest BCUT2D eigenvalue weighted by molar-refractivity contribution is 7.80. The lowest BCUT2D eigenvalue weighted by atomic mass is 9.65. The molecule has 32 heavy (non-hydrogen) atoms. The fraction of sp³-hybridized carbons (Fsp3) is 0.500. The quantitative estimate of drug-likeness (QED) is 0.611. The van der Waals surface area contributed by atoms with E-state index >= 15 is 0 Å². The Morgan fingerprint density at radius 1 is 1.09 bits per heavy atom. The molecule has 1 aliphatic carbocycles. The van der Waals surface area contributed by atoms with Gasteiger partial charge in [0.05, 0.1) is 14.2 Å². The number of hydrogen-bond acceptors (Lipinski definition) is 4. The van der Waals surface area contributed by atoms with Crippen molar-refractivity contribution in [1.82, 2.24) is 15.5 Å². The van der Waals surface area contributed by atoms with Crippen molar-refractivity contribution in [2.24, 2.45) is 0 Å². The molecule has 1 saturated heterocycles. The van der Waals surface area contributed by atoms with Crippen molar-refractivity contribution >= 4 is 17.3 Å². The van der Waals surface area contributed by atoms with Crippen LogP contribution in [0.1, 0.15) is 43.7 Å². The number of hydrogen-bond donors (Lipinski definition) is 2. The van der Waals surface area contributed by atoms with E-state index in [1.807, 2.05) is 0 Å². The van der Waals surface area contributed by atoms with Gasteiger partial charge >= 0.3 is 0 Å². The third kappa shape index (κ3) is 4.57. The average molecular weight is 454 g/mol. The maximum atomic E-state index is 5.66. The molecular formula is C26H35N3O2S. The molecule has 2 aliphatic rings. The number of benzene rings is 2. The topological polar surface area (TPSA) is 45.8 Å². The maximum Gasteiger partial charge on any atom is 0.166 e. The van der Waals surface area contributed by atoms with Crippen LogP contribution in [0, 0.1) is 0 Å². The summed E-state index contributed by atoms with van der Waals surface area (Å²) >= 11 is 5.50. The zero-order valence-corrected chi connectivity index (χ0v) is 20.2. The maximum absolute atomic E-state index is 5.66. The lowest BCUT2D eigenvalue weighted by Crippen LogP contribution is -2.53. The monoisotopic (exact) mass is 453 g/mol. The van der Waals surface area contributed by atoms with Crippen LogP contribution >= 0.6 is 12.2 Å². The molecule has 3 atom stereocenters. The van der Waals surface area contributed by atoms with Crippen molar-refractivity contribution in [2.75, 3.05) is 27.3 Å². The van der Waals surface area contributed by atoms with Gasteiger partial charge in [-0.15, -0.1) is 0 Å². The first kappa shape index (κ1) is 22.9. The van der Waals surface area contributed by atoms with Crippen LogP contribution in [0.2, 0.25) is 0 Å². The molecule has 2 aromatic rings. The first-order valence-electron chi connectivity index (χ1n) is 11.6. The van der Waals surface area contributed by atoms with Crippen LogP contribution in [0.15, 0.2) is 48.5 Å². The molecule has 1 saturated carbocycles. The normalized spacial score (nSPS) is 25.1.